The first kappa shape index (κ1) is 13.2. The number of nitrogens with one attached hydrogen (secondary N) is 1. The second-order valence-electron chi connectivity index (χ2n) is 4.44. The number of hydrogen-bond donors (Lipinski definition) is 1. The number of piperidine rings is 1. The second-order valence-corrected chi connectivity index (χ2v) is 5.43. The molecule has 0 radical (unpaired) electrons. The van der Waals surface area contributed by atoms with Crippen LogP contribution >= 0.6 is 11.8 Å². The van der Waals surface area contributed by atoms with Crippen LogP contribution in [0.1, 0.15) is 12.8 Å². The van der Waals surface area contributed by atoms with Crippen LogP contribution in [0.5, 0.6) is 0 Å². The smallest absolute Gasteiger partial charge is 0.310 e. The Morgan fingerprint density at radius 1 is 1.50 bits per heavy atom. The number of likely N-dealkylation sites (tertiary alicyclic amines) is 1. The van der Waals surface area contributed by atoms with E-state index in [1.165, 1.54) is 7.11 Å². The van der Waals surface area contributed by atoms with Crippen molar-refractivity contribution >= 4 is 28.9 Å². The van der Waals surface area contributed by atoms with Gasteiger partial charge in [-0.15, -0.1) is 0 Å². The zero-order chi connectivity index (χ0) is 13.1. The van der Waals surface area contributed by atoms with Gasteiger partial charge in [-0.3, -0.25) is 14.4 Å². The van der Waals surface area contributed by atoms with E-state index >= 15 is 0 Å². The van der Waals surface area contributed by atoms with Crippen molar-refractivity contribution in [3.8, 4) is 0 Å². The number of carbonyl (C=O) groups is 3. The van der Waals surface area contributed by atoms with Gasteiger partial charge in [0, 0.05) is 18.8 Å². The average molecular weight is 272 g/mol. The summed E-state index contributed by atoms with van der Waals surface area (Å²) in [6.07, 6.45) is 1.54. The number of nitrogens with zero attached hydrogens (tertiary/aromatic N) is 1. The van der Waals surface area contributed by atoms with Crippen LogP contribution in [-0.2, 0) is 14.3 Å². The van der Waals surface area contributed by atoms with Crippen molar-refractivity contribution in [3.05, 3.63) is 0 Å². The SMILES string of the molecule is COC(=O)[C@H]1CCCN(C(=O)C2CSC(=O)N2)C1. The summed E-state index contributed by atoms with van der Waals surface area (Å²) in [6, 6.07) is -0.445. The minimum atomic E-state index is -0.445. The Balaban J connectivity index is 1.94. The van der Waals surface area contributed by atoms with E-state index in [4.69, 9.17) is 4.74 Å². The number of rotatable bonds is 2. The van der Waals surface area contributed by atoms with Crippen LogP contribution in [0.15, 0.2) is 0 Å². The molecule has 0 aromatic rings. The van der Waals surface area contributed by atoms with Gasteiger partial charge in [0.2, 0.25) is 5.91 Å². The number of esters is 1. The maximum absolute atomic E-state index is 12.1. The Morgan fingerprint density at radius 2 is 2.28 bits per heavy atom. The maximum Gasteiger partial charge on any atom is 0.310 e. The van der Waals surface area contributed by atoms with E-state index in [2.05, 4.69) is 5.32 Å². The zero-order valence-electron chi connectivity index (χ0n) is 10.2. The van der Waals surface area contributed by atoms with E-state index in [1.807, 2.05) is 0 Å². The Hall–Kier alpha value is -1.24. The molecule has 2 fully saturated rings. The predicted octanol–water partition coefficient (Wildman–Crippen LogP) is 0.223. The van der Waals surface area contributed by atoms with E-state index in [0.717, 1.165) is 24.6 Å². The first-order valence-corrected chi connectivity index (χ1v) is 6.90. The fourth-order valence-electron chi connectivity index (χ4n) is 2.27. The van der Waals surface area contributed by atoms with Gasteiger partial charge < -0.3 is 15.0 Å². The molecule has 2 heterocycles. The second kappa shape index (κ2) is 5.60. The molecule has 1 unspecified atom stereocenters. The highest BCUT2D eigenvalue weighted by atomic mass is 32.2. The summed E-state index contributed by atoms with van der Waals surface area (Å²) in [7, 11) is 1.36. The third-order valence-corrected chi connectivity index (χ3v) is 4.12. The largest absolute Gasteiger partial charge is 0.469 e. The number of carbonyl (C=O) groups excluding carboxylic acids is 3. The van der Waals surface area contributed by atoms with Crippen LogP contribution in [0.25, 0.3) is 0 Å². The van der Waals surface area contributed by atoms with Crippen molar-refractivity contribution < 1.29 is 19.1 Å². The van der Waals surface area contributed by atoms with E-state index in [1.54, 1.807) is 4.90 Å². The van der Waals surface area contributed by atoms with Gasteiger partial charge in [-0.05, 0) is 12.8 Å². The van der Waals surface area contributed by atoms with Crippen LogP contribution in [0.3, 0.4) is 0 Å². The van der Waals surface area contributed by atoms with Crippen molar-refractivity contribution in [2.75, 3.05) is 26.0 Å². The number of thioether (sulfide) groups is 1. The van der Waals surface area contributed by atoms with Gasteiger partial charge in [0.05, 0.1) is 13.0 Å². The molecule has 6 nitrogen and oxygen atoms in total. The highest BCUT2D eigenvalue weighted by molar-refractivity contribution is 8.14. The summed E-state index contributed by atoms with van der Waals surface area (Å²) in [4.78, 5) is 36.3. The lowest BCUT2D eigenvalue weighted by Crippen LogP contribution is -2.50. The molecule has 0 aromatic heterocycles. The molecule has 0 aromatic carbocycles. The van der Waals surface area contributed by atoms with Gasteiger partial charge >= 0.3 is 5.97 Å². The molecule has 18 heavy (non-hydrogen) atoms. The summed E-state index contributed by atoms with van der Waals surface area (Å²) in [6.45, 7) is 1.03. The first-order chi connectivity index (χ1) is 8.61. The molecular formula is C11H16N2O4S. The van der Waals surface area contributed by atoms with Crippen LogP contribution in [-0.4, -0.2) is 54.0 Å². The Bertz CT molecular complexity index is 374. The van der Waals surface area contributed by atoms with Gasteiger partial charge in [-0.2, -0.15) is 0 Å². The van der Waals surface area contributed by atoms with E-state index < -0.39 is 6.04 Å². The lowest BCUT2D eigenvalue weighted by molar-refractivity contribution is -0.149. The van der Waals surface area contributed by atoms with Crippen LogP contribution < -0.4 is 5.32 Å². The van der Waals surface area contributed by atoms with E-state index in [9.17, 15) is 14.4 Å². The van der Waals surface area contributed by atoms with Gasteiger partial charge in [0.1, 0.15) is 6.04 Å². The van der Waals surface area contributed by atoms with Crippen molar-refractivity contribution in [1.29, 1.82) is 0 Å². The summed E-state index contributed by atoms with van der Waals surface area (Å²) in [5.41, 5.74) is 0. The number of amides is 2. The zero-order valence-corrected chi connectivity index (χ0v) is 11.0. The third kappa shape index (κ3) is 2.77. The molecule has 0 spiro atoms. The monoisotopic (exact) mass is 272 g/mol. The van der Waals surface area contributed by atoms with Crippen LogP contribution in [0.2, 0.25) is 0 Å². The standard InChI is InChI=1S/C11H16N2O4S/c1-17-10(15)7-3-2-4-13(5-7)9(14)8-6-18-11(16)12-8/h7-8H,2-6H2,1H3,(H,12,16)/t7-,8?/m0/s1. The third-order valence-electron chi connectivity index (χ3n) is 3.24. The topological polar surface area (TPSA) is 75.7 Å². The molecule has 2 atom stereocenters. The predicted molar refractivity (Wildman–Crippen MR) is 66.1 cm³/mol. The number of hydrogen-bond acceptors (Lipinski definition) is 5. The fraction of sp³-hybridized carbons (Fsp3) is 0.727. The molecule has 7 heteroatoms. The van der Waals surface area contributed by atoms with E-state index in [-0.39, 0.29) is 23.0 Å². The van der Waals surface area contributed by atoms with E-state index in [0.29, 0.717) is 18.8 Å². The lowest BCUT2D eigenvalue weighted by atomic mass is 9.97. The molecule has 0 bridgehead atoms. The molecule has 0 aliphatic carbocycles. The highest BCUT2D eigenvalue weighted by Crippen LogP contribution is 2.21. The average Bonchev–Trinajstić information content (AvgIpc) is 2.83. The van der Waals surface area contributed by atoms with Crippen LogP contribution in [0.4, 0.5) is 4.79 Å². The Kier molecular flexibility index (Phi) is 4.11. The maximum atomic E-state index is 12.1. The van der Waals surface area contributed by atoms with Crippen molar-refractivity contribution in [2.24, 2.45) is 5.92 Å². The Morgan fingerprint density at radius 3 is 2.89 bits per heavy atom. The summed E-state index contributed by atoms with van der Waals surface area (Å²) in [5.74, 6) is -0.131. The quantitative estimate of drug-likeness (QED) is 0.728. The first-order valence-electron chi connectivity index (χ1n) is 5.91. The van der Waals surface area contributed by atoms with Crippen molar-refractivity contribution in [2.45, 2.75) is 18.9 Å². The Labute approximate surface area is 109 Å². The minimum Gasteiger partial charge on any atom is -0.469 e. The van der Waals surface area contributed by atoms with Crippen molar-refractivity contribution in [3.63, 3.8) is 0 Å². The van der Waals surface area contributed by atoms with Gasteiger partial charge in [0.25, 0.3) is 5.24 Å². The molecular weight excluding hydrogens is 256 g/mol. The van der Waals surface area contributed by atoms with Gasteiger partial charge in [-0.25, -0.2) is 0 Å². The van der Waals surface area contributed by atoms with Gasteiger partial charge in [-0.1, -0.05) is 11.8 Å². The van der Waals surface area contributed by atoms with Gasteiger partial charge in [0.15, 0.2) is 0 Å². The minimum absolute atomic E-state index is 0.0954. The summed E-state index contributed by atoms with van der Waals surface area (Å²) in [5, 5.41) is 2.47. The highest BCUT2D eigenvalue weighted by Gasteiger charge is 2.35. The fourth-order valence-corrected chi connectivity index (χ4v) is 3.04. The summed E-state index contributed by atoms with van der Waals surface area (Å²) < 4.78 is 4.71. The number of ether oxygens (including phenoxy) is 1. The van der Waals surface area contributed by atoms with Crippen molar-refractivity contribution in [1.82, 2.24) is 10.2 Å². The molecule has 1 N–H and O–H groups in total. The molecule has 100 valence electrons. The number of methoxy groups -OCH3 is 1. The van der Waals surface area contributed by atoms with Crippen LogP contribution in [0, 0.1) is 5.92 Å². The molecule has 2 saturated heterocycles. The normalized spacial score (nSPS) is 27.8. The molecule has 2 rings (SSSR count). The molecule has 2 aliphatic rings. The summed E-state index contributed by atoms with van der Waals surface area (Å²) >= 11 is 1.12. The molecule has 2 amide bonds. The molecule has 0 saturated carbocycles. The molecule has 2 aliphatic heterocycles. The lowest BCUT2D eigenvalue weighted by Gasteiger charge is -2.32.